The fraction of sp³-hybridized carbons (Fsp3) is 0.545. The van der Waals surface area contributed by atoms with Crippen LogP contribution in [0.25, 0.3) is 0 Å². The molecule has 1 rings (SSSR count). The van der Waals surface area contributed by atoms with E-state index in [1.807, 2.05) is 18.7 Å². The molecule has 3 nitrogen and oxygen atoms in total. The van der Waals surface area contributed by atoms with E-state index in [4.69, 9.17) is 5.73 Å². The zero-order chi connectivity index (χ0) is 10.6. The second-order valence-electron chi connectivity index (χ2n) is 3.71. The Morgan fingerprint density at radius 1 is 1.64 bits per heavy atom. The van der Waals surface area contributed by atoms with Gasteiger partial charge >= 0.3 is 0 Å². The van der Waals surface area contributed by atoms with Gasteiger partial charge in [-0.3, -0.25) is 4.68 Å². The molecule has 0 aliphatic carbocycles. The first-order valence-corrected chi connectivity index (χ1v) is 4.98. The van der Waals surface area contributed by atoms with Crippen molar-refractivity contribution in [1.82, 2.24) is 9.78 Å². The first-order chi connectivity index (χ1) is 6.63. The quantitative estimate of drug-likeness (QED) is 0.738. The Balaban J connectivity index is 2.64. The summed E-state index contributed by atoms with van der Waals surface area (Å²) in [5.41, 5.74) is 9.14. The van der Waals surface area contributed by atoms with Gasteiger partial charge in [-0.25, -0.2) is 0 Å². The number of allylic oxidation sites excluding steroid dienone is 1. The number of aromatic nitrogens is 2. The van der Waals surface area contributed by atoms with E-state index in [0.29, 0.717) is 0 Å². The van der Waals surface area contributed by atoms with Gasteiger partial charge in [-0.1, -0.05) is 11.6 Å². The lowest BCUT2D eigenvalue weighted by Crippen LogP contribution is -2.00. The molecule has 0 unspecified atom stereocenters. The maximum atomic E-state index is 5.44. The van der Waals surface area contributed by atoms with Crippen LogP contribution in [0.3, 0.4) is 0 Å². The minimum absolute atomic E-state index is 0.724. The number of hydrogen-bond acceptors (Lipinski definition) is 2. The minimum Gasteiger partial charge on any atom is -0.330 e. The summed E-state index contributed by atoms with van der Waals surface area (Å²) in [5.74, 6) is 0. The van der Waals surface area contributed by atoms with Gasteiger partial charge in [-0.05, 0) is 32.9 Å². The van der Waals surface area contributed by atoms with Crippen molar-refractivity contribution in [3.8, 4) is 0 Å². The van der Waals surface area contributed by atoms with Crippen LogP contribution in [0.2, 0.25) is 0 Å². The van der Waals surface area contributed by atoms with Crippen LogP contribution < -0.4 is 5.73 Å². The van der Waals surface area contributed by atoms with E-state index >= 15 is 0 Å². The lowest BCUT2D eigenvalue weighted by atomic mass is 10.1. The molecule has 0 spiro atoms. The average molecular weight is 193 g/mol. The summed E-state index contributed by atoms with van der Waals surface area (Å²) in [4.78, 5) is 0. The number of hydrogen-bond donors (Lipinski definition) is 1. The highest BCUT2D eigenvalue weighted by molar-refractivity contribution is 5.16. The van der Waals surface area contributed by atoms with Gasteiger partial charge in [0.15, 0.2) is 0 Å². The van der Waals surface area contributed by atoms with Crippen molar-refractivity contribution in [2.75, 3.05) is 6.54 Å². The molecule has 1 heterocycles. The Morgan fingerprint density at radius 2 is 2.36 bits per heavy atom. The summed E-state index contributed by atoms with van der Waals surface area (Å²) in [6, 6.07) is 2.12. The Labute approximate surface area is 85.6 Å². The molecule has 0 amide bonds. The average Bonchev–Trinajstić information content (AvgIpc) is 2.42. The molecule has 1 aromatic heterocycles. The predicted molar refractivity (Wildman–Crippen MR) is 59.1 cm³/mol. The Hall–Kier alpha value is -1.09. The smallest absolute Gasteiger partial charge is 0.0596 e. The molecule has 0 saturated carbocycles. The second-order valence-corrected chi connectivity index (χ2v) is 3.71. The van der Waals surface area contributed by atoms with Crippen LogP contribution in [0.4, 0.5) is 0 Å². The third-order valence-corrected chi connectivity index (χ3v) is 2.22. The van der Waals surface area contributed by atoms with Crippen LogP contribution in [-0.2, 0) is 13.5 Å². The van der Waals surface area contributed by atoms with E-state index < -0.39 is 0 Å². The molecule has 78 valence electrons. The standard InChI is InChI=1S/C11H19N3/c1-9(5-4-6-12)7-11-8-10(2)13-14(11)3/h5,8H,4,6-7,12H2,1-3H3. The van der Waals surface area contributed by atoms with Gasteiger partial charge in [0.25, 0.3) is 0 Å². The molecule has 0 aromatic carbocycles. The van der Waals surface area contributed by atoms with Gasteiger partial charge in [0.1, 0.15) is 0 Å². The largest absolute Gasteiger partial charge is 0.330 e. The second kappa shape index (κ2) is 4.96. The fourth-order valence-electron chi connectivity index (χ4n) is 1.52. The highest BCUT2D eigenvalue weighted by Crippen LogP contribution is 2.08. The topological polar surface area (TPSA) is 43.8 Å². The van der Waals surface area contributed by atoms with Crippen LogP contribution in [0, 0.1) is 6.92 Å². The number of nitrogens with zero attached hydrogens (tertiary/aromatic N) is 2. The summed E-state index contributed by atoms with van der Waals surface area (Å²) < 4.78 is 1.94. The minimum atomic E-state index is 0.724. The zero-order valence-electron chi connectivity index (χ0n) is 9.25. The lowest BCUT2D eigenvalue weighted by Gasteiger charge is -2.01. The monoisotopic (exact) mass is 193 g/mol. The van der Waals surface area contributed by atoms with Crippen molar-refractivity contribution < 1.29 is 0 Å². The van der Waals surface area contributed by atoms with E-state index in [1.165, 1.54) is 11.3 Å². The molecular weight excluding hydrogens is 174 g/mol. The van der Waals surface area contributed by atoms with Crippen LogP contribution in [0.5, 0.6) is 0 Å². The van der Waals surface area contributed by atoms with Crippen LogP contribution >= 0.6 is 0 Å². The highest BCUT2D eigenvalue weighted by atomic mass is 15.3. The van der Waals surface area contributed by atoms with Gasteiger partial charge < -0.3 is 5.73 Å². The van der Waals surface area contributed by atoms with Crippen LogP contribution in [-0.4, -0.2) is 16.3 Å². The summed E-state index contributed by atoms with van der Waals surface area (Å²) in [5, 5.41) is 4.31. The van der Waals surface area contributed by atoms with Gasteiger partial charge in [-0.15, -0.1) is 0 Å². The molecule has 1 aromatic rings. The third-order valence-electron chi connectivity index (χ3n) is 2.22. The number of rotatable bonds is 4. The number of aryl methyl sites for hydroxylation is 2. The molecule has 0 atom stereocenters. The van der Waals surface area contributed by atoms with Gasteiger partial charge in [0.2, 0.25) is 0 Å². The normalized spacial score (nSPS) is 12.1. The van der Waals surface area contributed by atoms with Crippen molar-refractivity contribution in [2.24, 2.45) is 12.8 Å². The van der Waals surface area contributed by atoms with E-state index in [0.717, 1.165) is 25.1 Å². The van der Waals surface area contributed by atoms with E-state index in [-0.39, 0.29) is 0 Å². The van der Waals surface area contributed by atoms with Crippen LogP contribution in [0.1, 0.15) is 24.7 Å². The zero-order valence-corrected chi connectivity index (χ0v) is 9.25. The molecule has 3 heteroatoms. The van der Waals surface area contributed by atoms with E-state index in [2.05, 4.69) is 24.2 Å². The number of nitrogens with two attached hydrogens (primary N) is 1. The predicted octanol–water partition coefficient (Wildman–Crippen LogP) is 1.57. The van der Waals surface area contributed by atoms with Crippen molar-refractivity contribution in [2.45, 2.75) is 26.7 Å². The van der Waals surface area contributed by atoms with E-state index in [9.17, 15) is 0 Å². The Bertz CT molecular complexity index is 323. The fourth-order valence-corrected chi connectivity index (χ4v) is 1.52. The maximum absolute atomic E-state index is 5.44. The van der Waals surface area contributed by atoms with Gasteiger partial charge in [-0.2, -0.15) is 5.10 Å². The molecule has 0 radical (unpaired) electrons. The van der Waals surface area contributed by atoms with Crippen molar-refractivity contribution in [3.63, 3.8) is 0 Å². The van der Waals surface area contributed by atoms with Gasteiger partial charge in [0.05, 0.1) is 5.69 Å². The molecule has 0 bridgehead atoms. The van der Waals surface area contributed by atoms with Crippen molar-refractivity contribution >= 4 is 0 Å². The molecule has 0 fully saturated rings. The SMILES string of the molecule is CC(=CCCN)Cc1cc(C)nn1C. The molecule has 0 aliphatic heterocycles. The molecule has 0 saturated heterocycles. The third kappa shape index (κ3) is 3.00. The molecular formula is C11H19N3. The Kier molecular flexibility index (Phi) is 3.89. The van der Waals surface area contributed by atoms with Gasteiger partial charge in [0, 0.05) is 19.2 Å². The lowest BCUT2D eigenvalue weighted by molar-refractivity contribution is 0.714. The molecule has 0 aliphatic rings. The van der Waals surface area contributed by atoms with Crippen molar-refractivity contribution in [1.29, 1.82) is 0 Å². The molecule has 14 heavy (non-hydrogen) atoms. The maximum Gasteiger partial charge on any atom is 0.0596 e. The first-order valence-electron chi connectivity index (χ1n) is 4.98. The summed E-state index contributed by atoms with van der Waals surface area (Å²) >= 11 is 0. The Morgan fingerprint density at radius 3 is 2.86 bits per heavy atom. The van der Waals surface area contributed by atoms with Crippen molar-refractivity contribution in [3.05, 3.63) is 29.1 Å². The van der Waals surface area contributed by atoms with E-state index in [1.54, 1.807) is 0 Å². The summed E-state index contributed by atoms with van der Waals surface area (Å²) in [6.45, 7) is 4.88. The highest BCUT2D eigenvalue weighted by Gasteiger charge is 2.01. The summed E-state index contributed by atoms with van der Waals surface area (Å²) in [7, 11) is 1.98. The first kappa shape index (κ1) is 11.0. The molecule has 2 N–H and O–H groups in total. The summed E-state index contributed by atoms with van der Waals surface area (Å²) in [6.07, 6.45) is 4.13. The van der Waals surface area contributed by atoms with Crippen LogP contribution in [0.15, 0.2) is 17.7 Å².